The molecule has 2 aromatic carbocycles. The lowest BCUT2D eigenvalue weighted by Gasteiger charge is -2.34. The van der Waals surface area contributed by atoms with E-state index in [0.29, 0.717) is 53.0 Å². The molecule has 4 aromatic rings. The molecular weight excluding hydrogens is 585 g/mol. The largest absolute Gasteiger partial charge is 0.416 e. The molecule has 0 spiro atoms. The molecule has 45 heavy (non-hydrogen) atoms. The summed E-state index contributed by atoms with van der Waals surface area (Å²) in [6.45, 7) is 7.93. The molecule has 2 aromatic heterocycles. The lowest BCUT2D eigenvalue weighted by molar-refractivity contribution is -0.137. The Morgan fingerprint density at radius 1 is 0.844 bits per heavy atom. The van der Waals surface area contributed by atoms with Crippen LogP contribution in [0.4, 0.5) is 42.0 Å². The minimum Gasteiger partial charge on any atom is -0.369 e. The van der Waals surface area contributed by atoms with Crippen molar-refractivity contribution in [2.75, 3.05) is 86.9 Å². The number of halogens is 3. The van der Waals surface area contributed by atoms with Crippen LogP contribution >= 0.6 is 0 Å². The second-order valence-electron chi connectivity index (χ2n) is 11.6. The van der Waals surface area contributed by atoms with Gasteiger partial charge in [-0.05, 0) is 56.9 Å². The Bertz CT molecular complexity index is 1700. The lowest BCUT2D eigenvalue weighted by atomic mass is 10.1. The second-order valence-corrected chi connectivity index (χ2v) is 11.6. The lowest BCUT2D eigenvalue weighted by Crippen LogP contribution is -2.45. The number of carbonyl (C=O) groups excluding carboxylic acids is 1. The van der Waals surface area contributed by atoms with Gasteiger partial charge in [-0.2, -0.15) is 13.2 Å². The quantitative estimate of drug-likeness (QED) is 0.325. The average Bonchev–Trinajstić information content (AvgIpc) is 3.02. The number of aromatic nitrogens is 4. The summed E-state index contributed by atoms with van der Waals surface area (Å²) in [5.41, 5.74) is 2.51. The van der Waals surface area contributed by atoms with Crippen LogP contribution in [0.3, 0.4) is 0 Å². The van der Waals surface area contributed by atoms with Gasteiger partial charge in [0.25, 0.3) is 5.91 Å². The molecular formula is C31H35F3N10O. The molecule has 2 aliphatic heterocycles. The Kier molecular flexibility index (Phi) is 8.42. The van der Waals surface area contributed by atoms with Gasteiger partial charge < -0.3 is 30.2 Å². The van der Waals surface area contributed by atoms with Crippen LogP contribution in [0.25, 0.3) is 11.0 Å². The van der Waals surface area contributed by atoms with Gasteiger partial charge in [-0.25, -0.2) is 19.9 Å². The van der Waals surface area contributed by atoms with Crippen molar-refractivity contribution in [1.29, 1.82) is 0 Å². The summed E-state index contributed by atoms with van der Waals surface area (Å²) < 4.78 is 41.5. The second kappa shape index (κ2) is 12.4. The van der Waals surface area contributed by atoms with Crippen molar-refractivity contribution in [3.63, 3.8) is 0 Å². The van der Waals surface area contributed by atoms with Crippen molar-refractivity contribution >= 4 is 45.8 Å². The third-order valence-corrected chi connectivity index (χ3v) is 8.28. The predicted molar refractivity (Wildman–Crippen MR) is 168 cm³/mol. The van der Waals surface area contributed by atoms with Crippen LogP contribution in [0.2, 0.25) is 0 Å². The van der Waals surface area contributed by atoms with E-state index in [1.54, 1.807) is 18.3 Å². The van der Waals surface area contributed by atoms with E-state index in [4.69, 9.17) is 4.98 Å². The van der Waals surface area contributed by atoms with E-state index < -0.39 is 17.6 Å². The number of aryl methyl sites for hydroxylation is 1. The van der Waals surface area contributed by atoms with Crippen molar-refractivity contribution in [3.05, 3.63) is 65.6 Å². The number of anilines is 5. The van der Waals surface area contributed by atoms with Gasteiger partial charge in [0.2, 0.25) is 5.95 Å². The van der Waals surface area contributed by atoms with Gasteiger partial charge in [-0.15, -0.1) is 0 Å². The van der Waals surface area contributed by atoms with E-state index in [-0.39, 0.29) is 5.56 Å². The van der Waals surface area contributed by atoms with Crippen LogP contribution in [0.5, 0.6) is 0 Å². The van der Waals surface area contributed by atoms with Crippen molar-refractivity contribution < 1.29 is 18.0 Å². The van der Waals surface area contributed by atoms with Crippen LogP contribution in [-0.2, 0) is 6.18 Å². The van der Waals surface area contributed by atoms with Crippen molar-refractivity contribution in [2.24, 2.45) is 0 Å². The Balaban J connectivity index is 1.25. The number of hydrogen-bond donors (Lipinski definition) is 2. The zero-order valence-electron chi connectivity index (χ0n) is 25.4. The highest BCUT2D eigenvalue weighted by Gasteiger charge is 2.33. The number of piperazine rings is 2. The van der Waals surface area contributed by atoms with Crippen molar-refractivity contribution in [3.8, 4) is 0 Å². The van der Waals surface area contributed by atoms with Crippen molar-refractivity contribution in [2.45, 2.75) is 13.1 Å². The standard InChI is InChI=1S/C31H35F3N10O/c1-20-4-5-23(38-29(45)21-14-22(31(32,33)34)16-24(15-21)43-10-6-41(2)7-11-43)17-25(20)39-28-27-26(36-19-37-28)18-35-30(40-27)44-12-8-42(3)9-13-44/h4-5,14-19H,6-13H2,1-3H3,(H,38,45)(H,36,37,39). The molecule has 4 heterocycles. The molecule has 0 atom stereocenters. The highest BCUT2D eigenvalue weighted by atomic mass is 19.4. The first-order valence-electron chi connectivity index (χ1n) is 14.8. The first-order chi connectivity index (χ1) is 21.5. The molecule has 2 fully saturated rings. The Hall–Kier alpha value is -4.56. The molecule has 11 nitrogen and oxygen atoms in total. The molecule has 1 amide bonds. The molecule has 0 saturated carbocycles. The zero-order valence-corrected chi connectivity index (χ0v) is 25.4. The molecule has 14 heteroatoms. The number of hydrogen-bond acceptors (Lipinski definition) is 10. The molecule has 2 saturated heterocycles. The molecule has 0 unspecified atom stereocenters. The third kappa shape index (κ3) is 6.91. The summed E-state index contributed by atoms with van der Waals surface area (Å²) in [7, 11) is 4.05. The number of fused-ring (bicyclic) bond motifs is 1. The van der Waals surface area contributed by atoms with E-state index >= 15 is 0 Å². The molecule has 236 valence electrons. The Labute approximate surface area is 259 Å². The number of amides is 1. The molecule has 6 rings (SSSR count). The van der Waals surface area contributed by atoms with E-state index in [1.807, 2.05) is 24.9 Å². The van der Waals surface area contributed by atoms with E-state index in [9.17, 15) is 18.0 Å². The van der Waals surface area contributed by atoms with Crippen LogP contribution in [-0.4, -0.2) is 102 Å². The summed E-state index contributed by atoms with van der Waals surface area (Å²) >= 11 is 0. The first kappa shape index (κ1) is 30.5. The highest BCUT2D eigenvalue weighted by Crippen LogP contribution is 2.34. The topological polar surface area (TPSA) is 106 Å². The van der Waals surface area contributed by atoms with Crippen LogP contribution in [0.1, 0.15) is 21.5 Å². The normalized spacial score (nSPS) is 16.7. The fourth-order valence-corrected chi connectivity index (χ4v) is 5.41. The Morgan fingerprint density at radius 2 is 1.53 bits per heavy atom. The maximum absolute atomic E-state index is 13.8. The minimum atomic E-state index is -4.59. The van der Waals surface area contributed by atoms with E-state index in [1.165, 1.54) is 12.4 Å². The van der Waals surface area contributed by atoms with Crippen molar-refractivity contribution in [1.82, 2.24) is 29.7 Å². The predicted octanol–water partition coefficient (Wildman–Crippen LogP) is 4.25. The number of carbonyl (C=O) groups is 1. The Morgan fingerprint density at radius 3 is 2.22 bits per heavy atom. The van der Waals surface area contributed by atoms with E-state index in [2.05, 4.69) is 47.3 Å². The minimum absolute atomic E-state index is 0.0660. The summed E-state index contributed by atoms with van der Waals surface area (Å²) in [6, 6.07) is 8.77. The van der Waals surface area contributed by atoms with Gasteiger partial charge in [0.15, 0.2) is 5.82 Å². The van der Waals surface area contributed by atoms with Gasteiger partial charge in [0.05, 0.1) is 11.8 Å². The summed E-state index contributed by atoms with van der Waals surface area (Å²) in [6.07, 6.45) is -1.49. The molecule has 0 radical (unpaired) electrons. The fourth-order valence-electron chi connectivity index (χ4n) is 5.41. The smallest absolute Gasteiger partial charge is 0.369 e. The SMILES string of the molecule is Cc1ccc(NC(=O)c2cc(N3CCN(C)CC3)cc(C(F)(F)F)c2)cc1Nc1ncnc2cnc(N3CCN(C)CC3)nc12. The van der Waals surface area contributed by atoms with Gasteiger partial charge in [0, 0.05) is 75.0 Å². The fraction of sp³-hybridized carbons (Fsp3) is 0.387. The third-order valence-electron chi connectivity index (χ3n) is 8.28. The highest BCUT2D eigenvalue weighted by molar-refractivity contribution is 6.05. The number of nitrogens with one attached hydrogen (secondary N) is 2. The monoisotopic (exact) mass is 620 g/mol. The average molecular weight is 621 g/mol. The first-order valence-corrected chi connectivity index (χ1v) is 14.8. The van der Waals surface area contributed by atoms with Crippen LogP contribution in [0, 0.1) is 6.92 Å². The summed E-state index contributed by atoms with van der Waals surface area (Å²) in [5, 5.41) is 6.09. The number of benzene rings is 2. The molecule has 0 bridgehead atoms. The number of likely N-dealkylation sites (N-methyl/N-ethyl adjacent to an activating group) is 2. The van der Waals surface area contributed by atoms with Crippen LogP contribution in [0.15, 0.2) is 48.9 Å². The number of rotatable bonds is 6. The van der Waals surface area contributed by atoms with Gasteiger partial charge in [-0.3, -0.25) is 4.79 Å². The van der Waals surface area contributed by atoms with Gasteiger partial charge in [0.1, 0.15) is 17.4 Å². The summed E-state index contributed by atoms with van der Waals surface area (Å²) in [4.78, 5) is 39.8. The van der Waals surface area contributed by atoms with Crippen LogP contribution < -0.4 is 20.4 Å². The summed E-state index contributed by atoms with van der Waals surface area (Å²) in [5.74, 6) is 0.436. The maximum atomic E-state index is 13.8. The van der Waals surface area contributed by atoms with Gasteiger partial charge in [-0.1, -0.05) is 6.07 Å². The van der Waals surface area contributed by atoms with Gasteiger partial charge >= 0.3 is 6.18 Å². The zero-order chi connectivity index (χ0) is 31.7. The maximum Gasteiger partial charge on any atom is 0.416 e. The number of nitrogens with zero attached hydrogens (tertiary/aromatic N) is 8. The van der Waals surface area contributed by atoms with E-state index in [0.717, 1.165) is 57.0 Å². The number of alkyl halides is 3. The molecule has 0 aliphatic carbocycles. The molecule has 2 aliphatic rings. The molecule has 2 N–H and O–H groups in total.